The number of unbranched alkanes of at least 4 members (excludes halogenated alkanes) is 21. The lowest BCUT2D eigenvalue weighted by atomic mass is 10.0. The first-order valence-corrected chi connectivity index (χ1v) is 20.0. The molecule has 0 heterocycles. The van der Waals surface area contributed by atoms with Crippen LogP contribution in [-0.2, 0) is 32.7 Å². The van der Waals surface area contributed by atoms with Crippen LogP contribution in [0.1, 0.15) is 174 Å². The molecule has 0 aromatic carbocycles. The largest absolute Gasteiger partial charge is 0.472 e. The van der Waals surface area contributed by atoms with Gasteiger partial charge in [-0.2, -0.15) is 0 Å². The second-order valence-electron chi connectivity index (χ2n) is 12.6. The minimum Gasteiger partial charge on any atom is -0.462 e. The zero-order valence-electron chi connectivity index (χ0n) is 29.3. The quantitative estimate of drug-likeness (QED) is 0.0337. The van der Waals surface area contributed by atoms with Crippen LogP contribution < -0.4 is 0 Å². The van der Waals surface area contributed by atoms with Crippen LogP contribution >= 0.6 is 7.82 Å². The molecule has 3 atom stereocenters. The van der Waals surface area contributed by atoms with Crippen molar-refractivity contribution in [2.75, 3.05) is 26.4 Å². The van der Waals surface area contributed by atoms with Gasteiger partial charge in [-0.15, -0.1) is 0 Å². The highest BCUT2D eigenvalue weighted by molar-refractivity contribution is 7.47. The van der Waals surface area contributed by atoms with Crippen molar-refractivity contribution in [3.8, 4) is 0 Å². The monoisotopic (exact) mass is 680 g/mol. The zero-order chi connectivity index (χ0) is 34.1. The van der Waals surface area contributed by atoms with Gasteiger partial charge in [0.1, 0.15) is 12.7 Å². The van der Waals surface area contributed by atoms with Gasteiger partial charge in [0.2, 0.25) is 0 Å². The van der Waals surface area contributed by atoms with Crippen LogP contribution in [0.4, 0.5) is 0 Å². The minimum absolute atomic E-state index is 0.189. The molecule has 0 rings (SSSR count). The number of phosphoric acid groups is 1. The molecule has 10 nitrogen and oxygen atoms in total. The third-order valence-corrected chi connectivity index (χ3v) is 8.93. The van der Waals surface area contributed by atoms with E-state index < -0.39 is 51.8 Å². The molecule has 3 unspecified atom stereocenters. The summed E-state index contributed by atoms with van der Waals surface area (Å²) in [5, 5.41) is 18.1. The molecule has 46 heavy (non-hydrogen) atoms. The van der Waals surface area contributed by atoms with Crippen LogP contribution in [0.25, 0.3) is 0 Å². The molecule has 0 aliphatic heterocycles. The molecule has 0 saturated heterocycles. The summed E-state index contributed by atoms with van der Waals surface area (Å²) in [6, 6.07) is 0. The van der Waals surface area contributed by atoms with E-state index in [-0.39, 0.29) is 19.4 Å². The number of carbonyl (C=O) groups is 2. The number of hydrogen-bond acceptors (Lipinski definition) is 9. The van der Waals surface area contributed by atoms with Crippen molar-refractivity contribution in [3.63, 3.8) is 0 Å². The Kier molecular flexibility index (Phi) is 31.8. The lowest BCUT2D eigenvalue weighted by molar-refractivity contribution is -0.161. The lowest BCUT2D eigenvalue weighted by Gasteiger charge is -2.20. The Labute approximate surface area is 280 Å². The normalized spacial score (nSPS) is 14.1. The minimum atomic E-state index is -4.58. The third kappa shape index (κ3) is 31.6. The molecule has 0 bridgehead atoms. The first-order valence-electron chi connectivity index (χ1n) is 18.5. The van der Waals surface area contributed by atoms with Gasteiger partial charge >= 0.3 is 19.8 Å². The highest BCUT2D eigenvalue weighted by Gasteiger charge is 2.27. The van der Waals surface area contributed by atoms with Gasteiger partial charge in [-0.25, -0.2) is 4.57 Å². The van der Waals surface area contributed by atoms with Gasteiger partial charge in [0.25, 0.3) is 0 Å². The summed E-state index contributed by atoms with van der Waals surface area (Å²) in [7, 11) is -4.58. The molecule has 0 amide bonds. The molecule has 0 radical (unpaired) electrons. The van der Waals surface area contributed by atoms with Gasteiger partial charge < -0.3 is 24.6 Å². The second kappa shape index (κ2) is 32.5. The van der Waals surface area contributed by atoms with Crippen molar-refractivity contribution in [2.24, 2.45) is 0 Å². The molecule has 0 spiro atoms. The maximum absolute atomic E-state index is 12.4. The molecule has 274 valence electrons. The molecular weight excluding hydrogens is 611 g/mol. The third-order valence-electron chi connectivity index (χ3n) is 7.98. The first kappa shape index (κ1) is 45.0. The van der Waals surface area contributed by atoms with Gasteiger partial charge in [-0.05, 0) is 12.8 Å². The lowest BCUT2D eigenvalue weighted by Crippen LogP contribution is -2.29. The molecule has 0 aliphatic rings. The number of aliphatic hydroxyl groups is 2. The number of rotatable bonds is 35. The summed E-state index contributed by atoms with van der Waals surface area (Å²) in [4.78, 5) is 33.9. The predicted octanol–water partition coefficient (Wildman–Crippen LogP) is 8.72. The Hall–Kier alpha value is -1.03. The summed E-state index contributed by atoms with van der Waals surface area (Å²) in [6.45, 7) is 1.99. The molecule has 0 fully saturated rings. The van der Waals surface area contributed by atoms with Gasteiger partial charge in [-0.1, -0.05) is 149 Å². The molecule has 11 heteroatoms. The van der Waals surface area contributed by atoms with E-state index >= 15 is 0 Å². The maximum Gasteiger partial charge on any atom is 0.472 e. The van der Waals surface area contributed by atoms with Crippen LogP contribution in [0.3, 0.4) is 0 Å². The zero-order valence-corrected chi connectivity index (χ0v) is 30.2. The van der Waals surface area contributed by atoms with E-state index in [4.69, 9.17) is 19.1 Å². The molecule has 0 aromatic heterocycles. The second-order valence-corrected chi connectivity index (χ2v) is 14.1. The van der Waals surface area contributed by atoms with Crippen LogP contribution in [0, 0.1) is 0 Å². The molecule has 0 saturated carbocycles. The van der Waals surface area contributed by atoms with Crippen molar-refractivity contribution in [3.05, 3.63) is 0 Å². The average molecular weight is 681 g/mol. The molecule has 3 N–H and O–H groups in total. The summed E-state index contributed by atoms with van der Waals surface area (Å²) in [6.07, 6.45) is 27.0. The Balaban J connectivity index is 3.84. The number of hydrogen-bond donors (Lipinski definition) is 3. The van der Waals surface area contributed by atoms with Crippen molar-refractivity contribution in [2.45, 2.75) is 187 Å². The van der Waals surface area contributed by atoms with E-state index in [0.29, 0.717) is 12.8 Å². The van der Waals surface area contributed by atoms with E-state index in [2.05, 4.69) is 11.4 Å². The van der Waals surface area contributed by atoms with Crippen molar-refractivity contribution in [1.82, 2.24) is 0 Å². The van der Waals surface area contributed by atoms with E-state index in [9.17, 15) is 24.2 Å². The maximum atomic E-state index is 12.4. The standard InChI is InChI=1S/C35H69O10P/c1-3-5-6-7-8-9-10-11-12-13-14-15-16-17-18-19-20-21-22-23-24-25-27-35(39)45-33(30-42-34(38)26-4-2)31-44-46(40,41)43-29-32(37)28-36/h32-33,36-37H,3-31H2,1-2H3,(H,40,41). The summed E-state index contributed by atoms with van der Waals surface area (Å²) in [5.74, 6) is -0.977. The van der Waals surface area contributed by atoms with Gasteiger partial charge in [0, 0.05) is 12.8 Å². The number of carbonyl (C=O) groups excluding carboxylic acids is 2. The number of aliphatic hydroxyl groups excluding tert-OH is 2. The summed E-state index contributed by atoms with van der Waals surface area (Å²) < 4.78 is 31.9. The molecule has 0 aromatic rings. The van der Waals surface area contributed by atoms with Crippen molar-refractivity contribution < 1.29 is 47.8 Å². The highest BCUT2D eigenvalue weighted by atomic mass is 31.2. The van der Waals surface area contributed by atoms with Crippen LogP contribution in [0.2, 0.25) is 0 Å². The topological polar surface area (TPSA) is 149 Å². The average Bonchev–Trinajstić information content (AvgIpc) is 3.03. The molecular formula is C35H69O10P. The van der Waals surface area contributed by atoms with Gasteiger partial charge in [0.05, 0.1) is 19.8 Å². The Morgan fingerprint density at radius 2 is 0.978 bits per heavy atom. The SMILES string of the molecule is CCCCCCCCCCCCCCCCCCCCCCCCC(=O)OC(COC(=O)CCC)COP(=O)(O)OCC(O)CO. The summed E-state index contributed by atoms with van der Waals surface area (Å²) in [5.41, 5.74) is 0. The molecule has 0 aliphatic carbocycles. The van der Waals surface area contributed by atoms with Crippen molar-refractivity contribution >= 4 is 19.8 Å². The highest BCUT2D eigenvalue weighted by Crippen LogP contribution is 2.43. The summed E-state index contributed by atoms with van der Waals surface area (Å²) >= 11 is 0. The van der Waals surface area contributed by atoms with E-state index in [1.807, 2.05) is 6.92 Å². The fourth-order valence-electron chi connectivity index (χ4n) is 5.15. The number of ether oxygens (including phenoxy) is 2. The predicted molar refractivity (Wildman–Crippen MR) is 182 cm³/mol. The van der Waals surface area contributed by atoms with Crippen molar-refractivity contribution in [1.29, 1.82) is 0 Å². The van der Waals surface area contributed by atoms with Crippen LogP contribution in [0.15, 0.2) is 0 Å². The first-order chi connectivity index (χ1) is 22.2. The van der Waals surface area contributed by atoms with Gasteiger partial charge in [0.15, 0.2) is 6.10 Å². The number of phosphoric ester groups is 1. The van der Waals surface area contributed by atoms with Crippen LogP contribution in [0.5, 0.6) is 0 Å². The smallest absolute Gasteiger partial charge is 0.462 e. The van der Waals surface area contributed by atoms with Gasteiger partial charge in [-0.3, -0.25) is 18.6 Å². The fourth-order valence-corrected chi connectivity index (χ4v) is 5.94. The Bertz CT molecular complexity index is 751. The number of esters is 2. The van der Waals surface area contributed by atoms with Crippen LogP contribution in [-0.4, -0.2) is 65.7 Å². The van der Waals surface area contributed by atoms with E-state index in [1.165, 1.54) is 116 Å². The Morgan fingerprint density at radius 1 is 0.565 bits per heavy atom. The van der Waals surface area contributed by atoms with E-state index in [0.717, 1.165) is 19.3 Å². The van der Waals surface area contributed by atoms with E-state index in [1.54, 1.807) is 0 Å². The Morgan fingerprint density at radius 3 is 1.39 bits per heavy atom. The fraction of sp³-hybridized carbons (Fsp3) is 0.943.